The molecule has 0 aliphatic heterocycles. The minimum Gasteiger partial charge on any atom is -0.326 e. The van der Waals surface area contributed by atoms with E-state index in [1.165, 1.54) is 15.6 Å². The van der Waals surface area contributed by atoms with Crippen LogP contribution in [-0.2, 0) is 11.3 Å². The normalized spacial score (nSPS) is 10.9. The highest BCUT2D eigenvalue weighted by Gasteiger charge is 2.10. The molecule has 4 aromatic rings. The number of H-pyrrole nitrogens is 1. The highest BCUT2D eigenvalue weighted by atomic mass is 16.2. The minimum absolute atomic E-state index is 0.0732. The smallest absolute Gasteiger partial charge is 0.326 e. The molecule has 2 aromatic carbocycles. The molecule has 2 heterocycles. The molecule has 0 aliphatic carbocycles. The number of para-hydroxylation sites is 1. The maximum Gasteiger partial charge on any atom is 0.328 e. The Bertz CT molecular complexity index is 1310. The van der Waals surface area contributed by atoms with Crippen LogP contribution < -0.4 is 16.6 Å². The Balaban J connectivity index is 1.49. The lowest BCUT2D eigenvalue weighted by Gasteiger charge is -2.11. The number of carbonyl (C=O) groups is 1. The monoisotopic (exact) mass is 391 g/mol. The minimum atomic E-state index is -0.539. The molecule has 0 radical (unpaired) electrons. The molecule has 0 fully saturated rings. The molecule has 1 amide bonds. The highest BCUT2D eigenvalue weighted by molar-refractivity contribution is 5.91. The summed E-state index contributed by atoms with van der Waals surface area (Å²) in [5, 5.41) is 14.3. The number of rotatable bonds is 5. The SMILES string of the molecule is Cc1cc(NC(=O)CCn2c(=O)[nH]c(=O)c3ccccc32)ccc1-n1cnnn1. The summed E-state index contributed by atoms with van der Waals surface area (Å²) in [6.45, 7) is 2.03. The van der Waals surface area contributed by atoms with Crippen molar-refractivity contribution in [3.8, 4) is 5.69 Å². The maximum absolute atomic E-state index is 12.4. The summed E-state index contributed by atoms with van der Waals surface area (Å²) in [5.41, 5.74) is 1.84. The Kier molecular flexibility index (Phi) is 4.73. The van der Waals surface area contributed by atoms with Gasteiger partial charge in [0.15, 0.2) is 0 Å². The van der Waals surface area contributed by atoms with Gasteiger partial charge in [-0.3, -0.25) is 19.1 Å². The molecule has 10 heteroatoms. The number of aromatic nitrogens is 6. The molecule has 0 saturated carbocycles. The third-order valence-corrected chi connectivity index (χ3v) is 4.54. The van der Waals surface area contributed by atoms with Crippen LogP contribution in [0.15, 0.2) is 58.4 Å². The van der Waals surface area contributed by atoms with E-state index in [0.717, 1.165) is 11.3 Å². The molecule has 2 N–H and O–H groups in total. The Morgan fingerprint density at radius 2 is 2.00 bits per heavy atom. The number of nitrogens with zero attached hydrogens (tertiary/aromatic N) is 5. The van der Waals surface area contributed by atoms with Crippen molar-refractivity contribution in [2.75, 3.05) is 5.32 Å². The second-order valence-electron chi connectivity index (χ2n) is 6.48. The number of aryl methyl sites for hydroxylation is 2. The van der Waals surface area contributed by atoms with Gasteiger partial charge < -0.3 is 5.32 Å². The van der Waals surface area contributed by atoms with Gasteiger partial charge in [0.25, 0.3) is 5.56 Å². The molecule has 2 aromatic heterocycles. The van der Waals surface area contributed by atoms with Gasteiger partial charge in [0.1, 0.15) is 6.33 Å². The fourth-order valence-electron chi connectivity index (χ4n) is 3.16. The average molecular weight is 391 g/mol. The van der Waals surface area contributed by atoms with Gasteiger partial charge in [-0.05, 0) is 53.2 Å². The number of carbonyl (C=O) groups excluding carboxylic acids is 1. The van der Waals surface area contributed by atoms with Crippen molar-refractivity contribution in [1.82, 2.24) is 29.8 Å². The van der Waals surface area contributed by atoms with E-state index in [2.05, 4.69) is 25.8 Å². The first-order valence-electron chi connectivity index (χ1n) is 8.88. The third-order valence-electron chi connectivity index (χ3n) is 4.54. The van der Waals surface area contributed by atoms with E-state index in [1.807, 2.05) is 13.0 Å². The number of hydrogen-bond donors (Lipinski definition) is 2. The summed E-state index contributed by atoms with van der Waals surface area (Å²) in [6.07, 6.45) is 1.57. The van der Waals surface area contributed by atoms with E-state index in [9.17, 15) is 14.4 Å². The molecule has 4 rings (SSSR count). The van der Waals surface area contributed by atoms with Crippen molar-refractivity contribution in [2.45, 2.75) is 19.9 Å². The van der Waals surface area contributed by atoms with E-state index >= 15 is 0 Å². The fraction of sp³-hybridized carbons (Fsp3) is 0.158. The van der Waals surface area contributed by atoms with Gasteiger partial charge >= 0.3 is 5.69 Å². The van der Waals surface area contributed by atoms with Gasteiger partial charge in [-0.15, -0.1) is 5.10 Å². The summed E-state index contributed by atoms with van der Waals surface area (Å²) >= 11 is 0. The molecule has 146 valence electrons. The van der Waals surface area contributed by atoms with E-state index in [-0.39, 0.29) is 18.9 Å². The topological polar surface area (TPSA) is 128 Å². The number of fused-ring (bicyclic) bond motifs is 1. The van der Waals surface area contributed by atoms with Crippen molar-refractivity contribution in [2.24, 2.45) is 0 Å². The van der Waals surface area contributed by atoms with Gasteiger partial charge in [-0.1, -0.05) is 12.1 Å². The first kappa shape index (κ1) is 18.3. The van der Waals surface area contributed by atoms with Crippen molar-refractivity contribution in [3.05, 3.63) is 75.2 Å². The second kappa shape index (κ2) is 7.50. The zero-order chi connectivity index (χ0) is 20.4. The zero-order valence-corrected chi connectivity index (χ0v) is 15.5. The van der Waals surface area contributed by atoms with E-state index < -0.39 is 11.2 Å². The molecule has 0 spiro atoms. The molecule has 10 nitrogen and oxygen atoms in total. The maximum atomic E-state index is 12.4. The predicted octanol–water partition coefficient (Wildman–Crippen LogP) is 1.00. The van der Waals surface area contributed by atoms with Crippen molar-refractivity contribution in [3.63, 3.8) is 0 Å². The van der Waals surface area contributed by atoms with Crippen LogP contribution in [0.3, 0.4) is 0 Å². The first-order chi connectivity index (χ1) is 14.0. The Labute approximate surface area is 163 Å². The number of tetrazole rings is 1. The Hall–Kier alpha value is -4.08. The summed E-state index contributed by atoms with van der Waals surface area (Å²) in [4.78, 5) is 38.8. The van der Waals surface area contributed by atoms with Crippen LogP contribution in [0.2, 0.25) is 0 Å². The van der Waals surface area contributed by atoms with Gasteiger partial charge in [0.2, 0.25) is 5.91 Å². The van der Waals surface area contributed by atoms with Gasteiger partial charge in [0, 0.05) is 18.7 Å². The summed E-state index contributed by atoms with van der Waals surface area (Å²) in [7, 11) is 0. The van der Waals surface area contributed by atoms with Gasteiger partial charge in [-0.25, -0.2) is 9.48 Å². The van der Waals surface area contributed by atoms with Gasteiger partial charge in [0.05, 0.1) is 16.6 Å². The van der Waals surface area contributed by atoms with Crippen LogP contribution in [0.25, 0.3) is 16.6 Å². The standard InChI is InChI=1S/C19H17N7O3/c1-12-10-13(6-7-15(12)26-11-20-23-24-26)21-17(27)8-9-25-16-5-3-2-4-14(16)18(28)22-19(25)29/h2-7,10-11H,8-9H2,1H3,(H,21,27)(H,22,28,29). The van der Waals surface area contributed by atoms with E-state index in [0.29, 0.717) is 16.6 Å². The number of benzene rings is 2. The van der Waals surface area contributed by atoms with Crippen LogP contribution in [0, 0.1) is 6.92 Å². The molecule has 0 saturated heterocycles. The molecular weight excluding hydrogens is 374 g/mol. The van der Waals surface area contributed by atoms with E-state index in [4.69, 9.17) is 0 Å². The number of amides is 1. The van der Waals surface area contributed by atoms with Crippen LogP contribution >= 0.6 is 0 Å². The molecular formula is C19H17N7O3. The Morgan fingerprint density at radius 3 is 2.76 bits per heavy atom. The molecule has 29 heavy (non-hydrogen) atoms. The van der Waals surface area contributed by atoms with Crippen molar-refractivity contribution >= 4 is 22.5 Å². The average Bonchev–Trinajstić information content (AvgIpc) is 3.22. The fourth-order valence-corrected chi connectivity index (χ4v) is 3.16. The summed E-state index contributed by atoms with van der Waals surface area (Å²) < 4.78 is 2.93. The van der Waals surface area contributed by atoms with Crippen LogP contribution in [-0.4, -0.2) is 35.7 Å². The van der Waals surface area contributed by atoms with Crippen LogP contribution in [0.1, 0.15) is 12.0 Å². The number of hydrogen-bond acceptors (Lipinski definition) is 6. The quantitative estimate of drug-likeness (QED) is 0.522. The number of nitrogens with one attached hydrogen (secondary N) is 2. The lowest BCUT2D eigenvalue weighted by atomic mass is 10.1. The Morgan fingerprint density at radius 1 is 1.17 bits per heavy atom. The van der Waals surface area contributed by atoms with Gasteiger partial charge in [-0.2, -0.15) is 0 Å². The third kappa shape index (κ3) is 3.68. The largest absolute Gasteiger partial charge is 0.328 e. The number of aromatic amines is 1. The first-order valence-corrected chi connectivity index (χ1v) is 8.88. The zero-order valence-electron chi connectivity index (χ0n) is 15.5. The molecule has 0 unspecified atom stereocenters. The van der Waals surface area contributed by atoms with Crippen molar-refractivity contribution in [1.29, 1.82) is 0 Å². The van der Waals surface area contributed by atoms with E-state index in [1.54, 1.807) is 36.4 Å². The lowest BCUT2D eigenvalue weighted by Crippen LogP contribution is -2.31. The second-order valence-corrected chi connectivity index (χ2v) is 6.48. The molecule has 0 atom stereocenters. The van der Waals surface area contributed by atoms with Crippen molar-refractivity contribution < 1.29 is 4.79 Å². The summed E-state index contributed by atoms with van der Waals surface area (Å²) in [6, 6.07) is 12.2. The molecule has 0 bridgehead atoms. The van der Waals surface area contributed by atoms with Crippen LogP contribution in [0.5, 0.6) is 0 Å². The molecule has 0 aliphatic rings. The lowest BCUT2D eigenvalue weighted by molar-refractivity contribution is -0.116. The summed E-state index contributed by atoms with van der Waals surface area (Å²) in [5.74, 6) is -0.248. The number of anilines is 1. The van der Waals surface area contributed by atoms with Crippen LogP contribution in [0.4, 0.5) is 5.69 Å². The highest BCUT2D eigenvalue weighted by Crippen LogP contribution is 2.18. The predicted molar refractivity (Wildman–Crippen MR) is 106 cm³/mol.